The number of morpholine rings is 1. The summed E-state index contributed by atoms with van der Waals surface area (Å²) >= 11 is 6.33. The Hall–Kier alpha value is -3.73. The number of hydrogen-bond acceptors (Lipinski definition) is 8. The highest BCUT2D eigenvalue weighted by Gasteiger charge is 2.18. The maximum atomic E-state index is 13.0. The zero-order valence-corrected chi connectivity index (χ0v) is 21.9. The minimum Gasteiger partial charge on any atom is -0.378 e. The predicted octanol–water partition coefficient (Wildman–Crippen LogP) is 3.22. The van der Waals surface area contributed by atoms with Crippen molar-refractivity contribution in [1.29, 1.82) is 0 Å². The highest BCUT2D eigenvalue weighted by molar-refractivity contribution is 6.34. The molecule has 4 heterocycles. The average Bonchev–Trinajstić information content (AvgIpc) is 2.95. The molecule has 2 aliphatic heterocycles. The molecule has 0 atom stereocenters. The molecule has 5 rings (SSSR count). The van der Waals surface area contributed by atoms with Crippen molar-refractivity contribution in [1.82, 2.24) is 14.9 Å². The van der Waals surface area contributed by atoms with Crippen LogP contribution in [-0.4, -0.2) is 86.2 Å². The van der Waals surface area contributed by atoms with Gasteiger partial charge < -0.3 is 30.1 Å². The Morgan fingerprint density at radius 2 is 1.53 bits per heavy atom. The smallest absolute Gasteiger partial charge is 0.257 e. The Labute approximate surface area is 226 Å². The monoisotopic (exact) mass is 535 g/mol. The second kappa shape index (κ2) is 11.8. The van der Waals surface area contributed by atoms with Crippen molar-refractivity contribution >= 4 is 46.4 Å². The van der Waals surface area contributed by atoms with Gasteiger partial charge in [-0.1, -0.05) is 11.6 Å². The third kappa shape index (κ3) is 6.21. The van der Waals surface area contributed by atoms with Gasteiger partial charge in [0.15, 0.2) is 0 Å². The first kappa shape index (κ1) is 25.9. The van der Waals surface area contributed by atoms with Crippen LogP contribution in [0.2, 0.25) is 5.02 Å². The van der Waals surface area contributed by atoms with Gasteiger partial charge in [-0.2, -0.15) is 0 Å². The third-order valence-corrected chi connectivity index (χ3v) is 6.97. The quantitative estimate of drug-likeness (QED) is 0.496. The Bertz CT molecular complexity index is 1290. The van der Waals surface area contributed by atoms with Gasteiger partial charge in [-0.15, -0.1) is 0 Å². The number of hydrogen-bond donors (Lipinski definition) is 2. The topological polar surface area (TPSA) is 103 Å². The predicted molar refractivity (Wildman–Crippen MR) is 149 cm³/mol. The summed E-state index contributed by atoms with van der Waals surface area (Å²) in [5.41, 5.74) is 1.73. The van der Waals surface area contributed by atoms with Gasteiger partial charge in [0.05, 0.1) is 35.7 Å². The van der Waals surface area contributed by atoms with E-state index in [2.05, 4.69) is 42.3 Å². The zero-order valence-electron chi connectivity index (χ0n) is 21.2. The Kier molecular flexibility index (Phi) is 8.02. The molecular weight excluding hydrogens is 506 g/mol. The van der Waals surface area contributed by atoms with E-state index in [9.17, 15) is 9.59 Å². The highest BCUT2D eigenvalue weighted by atomic mass is 35.5. The van der Waals surface area contributed by atoms with Gasteiger partial charge >= 0.3 is 0 Å². The van der Waals surface area contributed by atoms with E-state index < -0.39 is 5.91 Å². The lowest BCUT2D eigenvalue weighted by molar-refractivity contribution is 0.101. The van der Waals surface area contributed by atoms with Crippen LogP contribution >= 0.6 is 11.6 Å². The molecule has 0 unspecified atom stereocenters. The van der Waals surface area contributed by atoms with Crippen LogP contribution in [0.4, 0.5) is 23.0 Å². The van der Waals surface area contributed by atoms with Crippen molar-refractivity contribution in [3.8, 4) is 0 Å². The van der Waals surface area contributed by atoms with Gasteiger partial charge in [-0.25, -0.2) is 9.97 Å². The summed E-state index contributed by atoms with van der Waals surface area (Å²) in [7, 11) is 2.11. The van der Waals surface area contributed by atoms with Crippen LogP contribution in [0, 0.1) is 0 Å². The van der Waals surface area contributed by atoms with Crippen LogP contribution in [-0.2, 0) is 4.74 Å². The van der Waals surface area contributed by atoms with Crippen LogP contribution in [0.15, 0.2) is 54.9 Å². The van der Waals surface area contributed by atoms with E-state index >= 15 is 0 Å². The fraction of sp³-hybridized carbons (Fsp3) is 0.333. The standard InChI is InChI=1S/C27H30ClN7O3/c1-33-8-10-34(11-9-33)24-5-3-21(18-30-24)32-27(37)22-17-20(2-4-23(22)28)31-26(36)19-6-7-29-25(16-19)35-12-14-38-15-13-35/h2-7,16-18H,8-15H2,1H3,(H,31,36)(H,32,37). The largest absolute Gasteiger partial charge is 0.378 e. The van der Waals surface area contributed by atoms with E-state index in [0.717, 1.165) is 50.9 Å². The first-order valence-electron chi connectivity index (χ1n) is 12.6. The lowest BCUT2D eigenvalue weighted by Gasteiger charge is -2.33. The normalized spacial score (nSPS) is 16.3. The van der Waals surface area contributed by atoms with E-state index in [1.54, 1.807) is 42.7 Å². The second-order valence-electron chi connectivity index (χ2n) is 9.30. The minimum absolute atomic E-state index is 0.247. The highest BCUT2D eigenvalue weighted by Crippen LogP contribution is 2.24. The molecule has 0 spiro atoms. The van der Waals surface area contributed by atoms with E-state index in [4.69, 9.17) is 16.3 Å². The molecule has 2 aliphatic rings. The number of likely N-dealkylation sites (N-methyl/N-ethyl adjacent to an activating group) is 1. The van der Waals surface area contributed by atoms with Crippen LogP contribution in [0.5, 0.6) is 0 Å². The summed E-state index contributed by atoms with van der Waals surface area (Å²) in [6.07, 6.45) is 3.25. The molecule has 3 aromatic rings. The molecule has 2 N–H and O–H groups in total. The third-order valence-electron chi connectivity index (χ3n) is 6.64. The number of pyridine rings is 2. The van der Waals surface area contributed by atoms with Crippen LogP contribution in [0.1, 0.15) is 20.7 Å². The van der Waals surface area contributed by atoms with E-state index in [0.29, 0.717) is 30.2 Å². The van der Waals surface area contributed by atoms with Gasteiger partial charge in [0.1, 0.15) is 11.6 Å². The fourth-order valence-corrected chi connectivity index (χ4v) is 4.59. The SMILES string of the molecule is CN1CCN(c2ccc(NC(=O)c3cc(NC(=O)c4ccnc(N5CCOCC5)c4)ccc3Cl)cn2)CC1. The molecule has 0 saturated carbocycles. The van der Waals surface area contributed by atoms with Crippen LogP contribution < -0.4 is 20.4 Å². The van der Waals surface area contributed by atoms with Crippen molar-refractivity contribution in [3.05, 3.63) is 71.0 Å². The molecule has 2 amide bonds. The molecule has 11 heteroatoms. The summed E-state index contributed by atoms with van der Waals surface area (Å²) in [5.74, 6) is 0.911. The maximum Gasteiger partial charge on any atom is 0.257 e. The number of amides is 2. The molecule has 2 fully saturated rings. The molecule has 2 saturated heterocycles. The number of aromatic nitrogens is 2. The molecule has 38 heavy (non-hydrogen) atoms. The van der Waals surface area contributed by atoms with Crippen molar-refractivity contribution in [2.24, 2.45) is 0 Å². The number of nitrogens with one attached hydrogen (secondary N) is 2. The number of carbonyl (C=O) groups excluding carboxylic acids is 2. The first-order valence-corrected chi connectivity index (χ1v) is 12.9. The molecule has 2 aromatic heterocycles. The van der Waals surface area contributed by atoms with Crippen molar-refractivity contribution in [3.63, 3.8) is 0 Å². The number of anilines is 4. The lowest BCUT2D eigenvalue weighted by Crippen LogP contribution is -2.44. The number of piperazine rings is 1. The van der Waals surface area contributed by atoms with Crippen molar-refractivity contribution in [2.75, 3.05) is 80.0 Å². The summed E-state index contributed by atoms with van der Waals surface area (Å²) in [6.45, 7) is 6.51. The van der Waals surface area contributed by atoms with Gasteiger partial charge in [0, 0.05) is 56.7 Å². The minimum atomic E-state index is -0.390. The van der Waals surface area contributed by atoms with E-state index in [-0.39, 0.29) is 16.5 Å². The van der Waals surface area contributed by atoms with Crippen LogP contribution in [0.25, 0.3) is 0 Å². The molecule has 198 valence electrons. The number of benzene rings is 1. The zero-order chi connectivity index (χ0) is 26.5. The fourth-order valence-electron chi connectivity index (χ4n) is 4.39. The maximum absolute atomic E-state index is 13.0. The number of nitrogens with zero attached hydrogens (tertiary/aromatic N) is 5. The summed E-state index contributed by atoms with van der Waals surface area (Å²) in [5, 5.41) is 5.97. The van der Waals surface area contributed by atoms with Crippen molar-refractivity contribution in [2.45, 2.75) is 0 Å². The van der Waals surface area contributed by atoms with E-state index in [1.165, 1.54) is 0 Å². The van der Waals surface area contributed by atoms with E-state index in [1.807, 2.05) is 12.1 Å². The molecule has 0 aliphatic carbocycles. The van der Waals surface area contributed by atoms with Crippen molar-refractivity contribution < 1.29 is 14.3 Å². The summed E-state index contributed by atoms with van der Waals surface area (Å²) in [4.78, 5) is 41.5. The Morgan fingerprint density at radius 1 is 0.816 bits per heavy atom. The molecule has 1 aromatic carbocycles. The number of carbonyl (C=O) groups is 2. The Balaban J connectivity index is 1.24. The Morgan fingerprint density at radius 3 is 2.26 bits per heavy atom. The molecular formula is C27H30ClN7O3. The molecule has 0 bridgehead atoms. The average molecular weight is 536 g/mol. The van der Waals surface area contributed by atoms with Gasteiger partial charge in [0.25, 0.3) is 11.8 Å². The first-order chi connectivity index (χ1) is 18.5. The number of rotatable bonds is 6. The molecule has 10 nitrogen and oxygen atoms in total. The second-order valence-corrected chi connectivity index (χ2v) is 9.71. The van der Waals surface area contributed by atoms with Gasteiger partial charge in [-0.05, 0) is 49.5 Å². The van der Waals surface area contributed by atoms with Gasteiger partial charge in [-0.3, -0.25) is 9.59 Å². The number of ether oxygens (including phenoxy) is 1. The van der Waals surface area contributed by atoms with Crippen LogP contribution in [0.3, 0.4) is 0 Å². The molecule has 0 radical (unpaired) electrons. The summed E-state index contributed by atoms with van der Waals surface area (Å²) < 4.78 is 5.39. The summed E-state index contributed by atoms with van der Waals surface area (Å²) in [6, 6.07) is 11.9. The van der Waals surface area contributed by atoms with Gasteiger partial charge in [0.2, 0.25) is 0 Å². The lowest BCUT2D eigenvalue weighted by atomic mass is 10.1. The number of halogens is 1.